The fourth-order valence-corrected chi connectivity index (χ4v) is 3.17. The van der Waals surface area contributed by atoms with Crippen molar-refractivity contribution in [1.29, 1.82) is 0 Å². The Hall–Kier alpha value is -2.19. The Labute approximate surface area is 142 Å². The van der Waals surface area contributed by atoms with Gasteiger partial charge in [0.25, 0.3) is 0 Å². The minimum atomic E-state index is -3.54. The van der Waals surface area contributed by atoms with Crippen molar-refractivity contribution in [2.45, 2.75) is 24.7 Å². The number of aromatic nitrogens is 2. The van der Waals surface area contributed by atoms with Crippen molar-refractivity contribution in [3.63, 3.8) is 0 Å². The molecule has 0 saturated heterocycles. The SMILES string of the molecule is Cc1ccc(S(=O)(=O)NCCNC(=O)CCc2cnn(C)c2)cc1. The number of sulfonamides is 1. The van der Waals surface area contributed by atoms with Crippen LogP contribution < -0.4 is 10.0 Å². The quantitative estimate of drug-likeness (QED) is 0.687. The Balaban J connectivity index is 1.70. The van der Waals surface area contributed by atoms with Crippen LogP contribution in [-0.2, 0) is 28.3 Å². The van der Waals surface area contributed by atoms with Crippen LogP contribution in [0.4, 0.5) is 0 Å². The fourth-order valence-electron chi connectivity index (χ4n) is 2.14. The van der Waals surface area contributed by atoms with Crippen LogP contribution in [0.2, 0.25) is 0 Å². The average molecular weight is 350 g/mol. The van der Waals surface area contributed by atoms with Crippen LogP contribution >= 0.6 is 0 Å². The lowest BCUT2D eigenvalue weighted by molar-refractivity contribution is -0.121. The summed E-state index contributed by atoms with van der Waals surface area (Å²) >= 11 is 0. The first-order valence-electron chi connectivity index (χ1n) is 7.67. The molecule has 0 fully saturated rings. The molecule has 130 valence electrons. The van der Waals surface area contributed by atoms with Gasteiger partial charge in [0.1, 0.15) is 0 Å². The first kappa shape index (κ1) is 18.2. The number of carbonyl (C=O) groups is 1. The molecule has 2 rings (SSSR count). The maximum absolute atomic E-state index is 12.1. The number of benzene rings is 1. The molecule has 1 amide bonds. The normalized spacial score (nSPS) is 11.4. The highest BCUT2D eigenvalue weighted by Crippen LogP contribution is 2.09. The van der Waals surface area contributed by atoms with Gasteiger partial charge in [0.05, 0.1) is 11.1 Å². The van der Waals surface area contributed by atoms with E-state index in [0.717, 1.165) is 11.1 Å². The second-order valence-electron chi connectivity index (χ2n) is 5.58. The fraction of sp³-hybridized carbons (Fsp3) is 0.375. The van der Waals surface area contributed by atoms with E-state index in [9.17, 15) is 13.2 Å². The molecule has 0 spiro atoms. The van der Waals surface area contributed by atoms with Crippen molar-refractivity contribution in [3.05, 3.63) is 47.8 Å². The summed E-state index contributed by atoms with van der Waals surface area (Å²) in [5.74, 6) is -0.117. The van der Waals surface area contributed by atoms with Gasteiger partial charge in [0.15, 0.2) is 0 Å². The summed E-state index contributed by atoms with van der Waals surface area (Å²) in [6.07, 6.45) is 4.54. The van der Waals surface area contributed by atoms with Crippen molar-refractivity contribution < 1.29 is 13.2 Å². The Morgan fingerprint density at radius 3 is 2.54 bits per heavy atom. The minimum Gasteiger partial charge on any atom is -0.355 e. The molecule has 7 nitrogen and oxygen atoms in total. The second-order valence-corrected chi connectivity index (χ2v) is 7.35. The second kappa shape index (κ2) is 8.07. The molecule has 0 radical (unpaired) electrons. The highest BCUT2D eigenvalue weighted by atomic mass is 32.2. The van der Waals surface area contributed by atoms with E-state index in [1.807, 2.05) is 20.2 Å². The van der Waals surface area contributed by atoms with E-state index in [2.05, 4.69) is 15.1 Å². The summed E-state index contributed by atoms with van der Waals surface area (Å²) in [7, 11) is -1.72. The zero-order valence-corrected chi connectivity index (χ0v) is 14.6. The molecule has 0 aliphatic carbocycles. The predicted octanol–water partition coefficient (Wildman–Crippen LogP) is 0.756. The third-order valence-corrected chi connectivity index (χ3v) is 4.95. The van der Waals surface area contributed by atoms with Crippen LogP contribution in [-0.4, -0.2) is 37.2 Å². The summed E-state index contributed by atoms with van der Waals surface area (Å²) in [6.45, 7) is 2.29. The van der Waals surface area contributed by atoms with Crippen LogP contribution in [0.3, 0.4) is 0 Å². The maximum atomic E-state index is 12.1. The van der Waals surface area contributed by atoms with Gasteiger partial charge < -0.3 is 5.32 Å². The van der Waals surface area contributed by atoms with Crippen LogP contribution in [0.25, 0.3) is 0 Å². The van der Waals surface area contributed by atoms with Crippen molar-refractivity contribution in [3.8, 4) is 0 Å². The van der Waals surface area contributed by atoms with Crippen LogP contribution in [0.5, 0.6) is 0 Å². The molecule has 24 heavy (non-hydrogen) atoms. The smallest absolute Gasteiger partial charge is 0.240 e. The van der Waals surface area contributed by atoms with Gasteiger partial charge in [-0.15, -0.1) is 0 Å². The molecule has 1 aromatic heterocycles. The zero-order chi connectivity index (χ0) is 17.6. The van der Waals surface area contributed by atoms with E-state index in [4.69, 9.17) is 0 Å². The highest BCUT2D eigenvalue weighted by Gasteiger charge is 2.12. The van der Waals surface area contributed by atoms with Crippen molar-refractivity contribution in [2.75, 3.05) is 13.1 Å². The number of hydrogen-bond donors (Lipinski definition) is 2. The molecule has 0 aliphatic heterocycles. The summed E-state index contributed by atoms with van der Waals surface area (Å²) in [5.41, 5.74) is 1.99. The highest BCUT2D eigenvalue weighted by molar-refractivity contribution is 7.89. The molecule has 0 bridgehead atoms. The largest absolute Gasteiger partial charge is 0.355 e. The van der Waals surface area contributed by atoms with Crippen LogP contribution in [0.15, 0.2) is 41.6 Å². The number of hydrogen-bond acceptors (Lipinski definition) is 4. The molecule has 1 heterocycles. The molecule has 0 aliphatic rings. The number of amides is 1. The topological polar surface area (TPSA) is 93.1 Å². The molecule has 0 atom stereocenters. The number of carbonyl (C=O) groups excluding carboxylic acids is 1. The Bertz CT molecular complexity index is 782. The van der Waals surface area contributed by atoms with Crippen molar-refractivity contribution in [2.24, 2.45) is 7.05 Å². The standard InChI is InChI=1S/C16H22N4O3S/c1-13-3-6-15(7-4-13)24(22,23)19-10-9-17-16(21)8-5-14-11-18-20(2)12-14/h3-4,6-7,11-12,19H,5,8-10H2,1-2H3,(H,17,21). The van der Waals surface area contributed by atoms with Crippen molar-refractivity contribution in [1.82, 2.24) is 19.8 Å². The molecule has 8 heteroatoms. The monoisotopic (exact) mass is 350 g/mol. The molecular formula is C16H22N4O3S. The predicted molar refractivity (Wildman–Crippen MR) is 90.9 cm³/mol. The van der Waals surface area contributed by atoms with Gasteiger partial charge in [0, 0.05) is 32.8 Å². The summed E-state index contributed by atoms with van der Waals surface area (Å²) in [6, 6.07) is 6.61. The van der Waals surface area contributed by atoms with Gasteiger partial charge in [-0.3, -0.25) is 9.48 Å². The van der Waals surface area contributed by atoms with E-state index >= 15 is 0 Å². The first-order chi connectivity index (χ1) is 11.4. The lowest BCUT2D eigenvalue weighted by Crippen LogP contribution is -2.34. The third kappa shape index (κ3) is 5.47. The van der Waals surface area contributed by atoms with Gasteiger partial charge in [-0.05, 0) is 31.0 Å². The lowest BCUT2D eigenvalue weighted by Gasteiger charge is -2.08. The van der Waals surface area contributed by atoms with E-state index in [1.54, 1.807) is 35.1 Å². The Morgan fingerprint density at radius 1 is 1.21 bits per heavy atom. The number of nitrogens with one attached hydrogen (secondary N) is 2. The zero-order valence-electron chi connectivity index (χ0n) is 13.8. The van der Waals surface area contributed by atoms with Crippen LogP contribution in [0, 0.1) is 6.92 Å². The third-order valence-electron chi connectivity index (χ3n) is 3.47. The molecule has 2 N–H and O–H groups in total. The molecule has 0 unspecified atom stereocenters. The number of rotatable bonds is 8. The molecule has 2 aromatic rings. The lowest BCUT2D eigenvalue weighted by atomic mass is 10.2. The van der Waals surface area contributed by atoms with Gasteiger partial charge in [-0.1, -0.05) is 17.7 Å². The van der Waals surface area contributed by atoms with Gasteiger partial charge in [-0.25, -0.2) is 13.1 Å². The Morgan fingerprint density at radius 2 is 1.92 bits per heavy atom. The van der Waals surface area contributed by atoms with Gasteiger partial charge >= 0.3 is 0 Å². The number of nitrogens with zero attached hydrogens (tertiary/aromatic N) is 2. The summed E-state index contributed by atoms with van der Waals surface area (Å²) in [5, 5.41) is 6.74. The summed E-state index contributed by atoms with van der Waals surface area (Å²) in [4.78, 5) is 12.0. The summed E-state index contributed by atoms with van der Waals surface area (Å²) < 4.78 is 28.3. The molecular weight excluding hydrogens is 328 g/mol. The average Bonchev–Trinajstić information content (AvgIpc) is 2.95. The van der Waals surface area contributed by atoms with Crippen molar-refractivity contribution >= 4 is 15.9 Å². The number of aryl methyl sites for hydroxylation is 3. The van der Waals surface area contributed by atoms with E-state index < -0.39 is 10.0 Å². The van der Waals surface area contributed by atoms with E-state index in [0.29, 0.717) is 12.8 Å². The minimum absolute atomic E-state index is 0.117. The van der Waals surface area contributed by atoms with E-state index in [-0.39, 0.29) is 23.9 Å². The molecule has 1 aromatic carbocycles. The van der Waals surface area contributed by atoms with E-state index in [1.165, 1.54) is 0 Å². The Kier molecular flexibility index (Phi) is 6.10. The van der Waals surface area contributed by atoms with Gasteiger partial charge in [-0.2, -0.15) is 5.10 Å². The van der Waals surface area contributed by atoms with Crippen LogP contribution in [0.1, 0.15) is 17.5 Å². The molecule has 0 saturated carbocycles. The maximum Gasteiger partial charge on any atom is 0.240 e. The first-order valence-corrected chi connectivity index (χ1v) is 9.16. The van der Waals surface area contributed by atoms with Gasteiger partial charge in [0.2, 0.25) is 15.9 Å².